The Balaban J connectivity index is 1.96. The Morgan fingerprint density at radius 3 is 2.71 bits per heavy atom. The van der Waals surface area contributed by atoms with Crippen molar-refractivity contribution in [3.8, 4) is 0 Å². The quantitative estimate of drug-likeness (QED) is 0.791. The Bertz CT molecular complexity index is 372. The van der Waals surface area contributed by atoms with Crippen LogP contribution in [0.25, 0.3) is 0 Å². The normalized spacial score (nSPS) is 18.9. The standard InChI is InChI=1S/C14H22N2O/c1-10-3-4-13(9-14(10)15)16-11(2)12-5-7-17-8-6-12/h3-4,9,11-12,16H,5-8,15H2,1-2H3. The van der Waals surface area contributed by atoms with E-state index in [1.54, 1.807) is 0 Å². The minimum absolute atomic E-state index is 0.473. The molecule has 1 heterocycles. The van der Waals surface area contributed by atoms with E-state index in [1.165, 1.54) is 0 Å². The second kappa shape index (κ2) is 5.41. The van der Waals surface area contributed by atoms with Gasteiger partial charge in [-0.3, -0.25) is 0 Å². The van der Waals surface area contributed by atoms with E-state index >= 15 is 0 Å². The summed E-state index contributed by atoms with van der Waals surface area (Å²) in [6, 6.07) is 6.65. The highest BCUT2D eigenvalue weighted by atomic mass is 16.5. The van der Waals surface area contributed by atoms with Crippen LogP contribution >= 0.6 is 0 Å². The van der Waals surface area contributed by atoms with Gasteiger partial charge in [-0.2, -0.15) is 0 Å². The van der Waals surface area contributed by atoms with Crippen molar-refractivity contribution in [3.05, 3.63) is 23.8 Å². The average Bonchev–Trinajstić information content (AvgIpc) is 2.35. The molecule has 17 heavy (non-hydrogen) atoms. The number of hydrogen-bond acceptors (Lipinski definition) is 3. The highest BCUT2D eigenvalue weighted by Crippen LogP contribution is 2.23. The molecule has 3 N–H and O–H groups in total. The minimum Gasteiger partial charge on any atom is -0.398 e. The van der Waals surface area contributed by atoms with E-state index in [4.69, 9.17) is 10.5 Å². The third-order valence-electron chi connectivity index (χ3n) is 3.65. The van der Waals surface area contributed by atoms with Gasteiger partial charge in [0.1, 0.15) is 0 Å². The van der Waals surface area contributed by atoms with Crippen molar-refractivity contribution in [2.24, 2.45) is 5.92 Å². The number of nitrogens with one attached hydrogen (secondary N) is 1. The number of ether oxygens (including phenoxy) is 1. The van der Waals surface area contributed by atoms with Gasteiger partial charge in [0.25, 0.3) is 0 Å². The molecule has 0 spiro atoms. The average molecular weight is 234 g/mol. The fourth-order valence-corrected chi connectivity index (χ4v) is 2.33. The number of nitrogens with two attached hydrogens (primary N) is 1. The number of rotatable bonds is 3. The molecule has 1 fully saturated rings. The van der Waals surface area contributed by atoms with Crippen LogP contribution in [-0.4, -0.2) is 19.3 Å². The van der Waals surface area contributed by atoms with Gasteiger partial charge in [0.15, 0.2) is 0 Å². The Labute approximate surface area is 103 Å². The Kier molecular flexibility index (Phi) is 3.89. The van der Waals surface area contributed by atoms with Gasteiger partial charge in [0, 0.05) is 30.6 Å². The summed E-state index contributed by atoms with van der Waals surface area (Å²) in [4.78, 5) is 0. The van der Waals surface area contributed by atoms with Gasteiger partial charge in [-0.25, -0.2) is 0 Å². The predicted octanol–water partition coefficient (Wildman–Crippen LogP) is 2.80. The molecule has 1 aromatic carbocycles. The lowest BCUT2D eigenvalue weighted by Crippen LogP contribution is -2.30. The molecule has 3 heteroatoms. The van der Waals surface area contributed by atoms with E-state index in [0.29, 0.717) is 12.0 Å². The first-order valence-electron chi connectivity index (χ1n) is 6.37. The summed E-state index contributed by atoms with van der Waals surface area (Å²) in [6.07, 6.45) is 2.30. The third-order valence-corrected chi connectivity index (χ3v) is 3.65. The Hall–Kier alpha value is -1.22. The van der Waals surface area contributed by atoms with Gasteiger partial charge in [0.05, 0.1) is 0 Å². The zero-order chi connectivity index (χ0) is 12.3. The number of hydrogen-bond donors (Lipinski definition) is 2. The van der Waals surface area contributed by atoms with Crippen molar-refractivity contribution in [2.75, 3.05) is 24.3 Å². The summed E-state index contributed by atoms with van der Waals surface area (Å²) in [7, 11) is 0. The smallest absolute Gasteiger partial charge is 0.0469 e. The van der Waals surface area contributed by atoms with Crippen molar-refractivity contribution < 1.29 is 4.74 Å². The van der Waals surface area contributed by atoms with Gasteiger partial charge >= 0.3 is 0 Å². The van der Waals surface area contributed by atoms with Crippen LogP contribution in [0.2, 0.25) is 0 Å². The van der Waals surface area contributed by atoms with E-state index in [2.05, 4.69) is 24.4 Å². The molecule has 94 valence electrons. The van der Waals surface area contributed by atoms with Crippen LogP contribution < -0.4 is 11.1 Å². The molecule has 1 atom stereocenters. The van der Waals surface area contributed by atoms with Crippen LogP contribution in [-0.2, 0) is 4.74 Å². The highest BCUT2D eigenvalue weighted by molar-refractivity contribution is 5.58. The lowest BCUT2D eigenvalue weighted by molar-refractivity contribution is 0.0622. The van der Waals surface area contributed by atoms with Crippen LogP contribution in [0.5, 0.6) is 0 Å². The molecule has 0 radical (unpaired) electrons. The van der Waals surface area contributed by atoms with Crippen molar-refractivity contribution in [1.82, 2.24) is 0 Å². The molecular formula is C14H22N2O. The molecule has 1 aliphatic rings. The minimum atomic E-state index is 0.473. The zero-order valence-electron chi connectivity index (χ0n) is 10.7. The van der Waals surface area contributed by atoms with E-state index in [9.17, 15) is 0 Å². The highest BCUT2D eigenvalue weighted by Gasteiger charge is 2.20. The third kappa shape index (κ3) is 3.13. The topological polar surface area (TPSA) is 47.3 Å². The summed E-state index contributed by atoms with van der Waals surface area (Å²) in [5.41, 5.74) is 9.02. The molecule has 0 aliphatic carbocycles. The van der Waals surface area contributed by atoms with Crippen molar-refractivity contribution in [2.45, 2.75) is 32.7 Å². The maximum absolute atomic E-state index is 5.91. The van der Waals surface area contributed by atoms with E-state index in [0.717, 1.165) is 43.0 Å². The molecule has 0 saturated carbocycles. The van der Waals surface area contributed by atoms with Gasteiger partial charge in [-0.15, -0.1) is 0 Å². The van der Waals surface area contributed by atoms with Crippen molar-refractivity contribution in [3.63, 3.8) is 0 Å². The fourth-order valence-electron chi connectivity index (χ4n) is 2.33. The van der Waals surface area contributed by atoms with E-state index < -0.39 is 0 Å². The van der Waals surface area contributed by atoms with Crippen LogP contribution in [0.15, 0.2) is 18.2 Å². The molecule has 1 saturated heterocycles. The molecule has 1 aliphatic heterocycles. The maximum Gasteiger partial charge on any atom is 0.0469 e. The summed E-state index contributed by atoms with van der Waals surface area (Å²) < 4.78 is 5.39. The summed E-state index contributed by atoms with van der Waals surface area (Å²) in [6.45, 7) is 6.06. The van der Waals surface area contributed by atoms with Gasteiger partial charge in [-0.1, -0.05) is 6.07 Å². The molecule has 2 rings (SSSR count). The van der Waals surface area contributed by atoms with Crippen molar-refractivity contribution in [1.29, 1.82) is 0 Å². The monoisotopic (exact) mass is 234 g/mol. The second-order valence-electron chi connectivity index (χ2n) is 4.95. The van der Waals surface area contributed by atoms with Crippen LogP contribution in [0.4, 0.5) is 11.4 Å². The molecular weight excluding hydrogens is 212 g/mol. The van der Waals surface area contributed by atoms with E-state index in [1.807, 2.05) is 13.0 Å². The Morgan fingerprint density at radius 2 is 2.06 bits per heavy atom. The Morgan fingerprint density at radius 1 is 1.35 bits per heavy atom. The number of nitrogen functional groups attached to an aromatic ring is 1. The van der Waals surface area contributed by atoms with Gasteiger partial charge in [0.2, 0.25) is 0 Å². The van der Waals surface area contributed by atoms with Gasteiger partial charge in [-0.05, 0) is 50.3 Å². The molecule has 0 bridgehead atoms. The summed E-state index contributed by atoms with van der Waals surface area (Å²) in [5.74, 6) is 0.700. The molecule has 0 aromatic heterocycles. The first-order chi connectivity index (χ1) is 8.16. The zero-order valence-corrected chi connectivity index (χ0v) is 10.7. The summed E-state index contributed by atoms with van der Waals surface area (Å²) in [5, 5.41) is 3.54. The lowest BCUT2D eigenvalue weighted by Gasteiger charge is -2.29. The summed E-state index contributed by atoms with van der Waals surface area (Å²) >= 11 is 0. The molecule has 1 unspecified atom stereocenters. The maximum atomic E-state index is 5.91. The first-order valence-corrected chi connectivity index (χ1v) is 6.37. The predicted molar refractivity (Wildman–Crippen MR) is 72.2 cm³/mol. The number of anilines is 2. The SMILES string of the molecule is Cc1ccc(NC(C)C2CCOCC2)cc1N. The molecule has 1 aromatic rings. The van der Waals surface area contributed by atoms with E-state index in [-0.39, 0.29) is 0 Å². The van der Waals surface area contributed by atoms with Gasteiger partial charge < -0.3 is 15.8 Å². The number of aryl methyl sites for hydroxylation is 1. The second-order valence-corrected chi connectivity index (χ2v) is 4.95. The lowest BCUT2D eigenvalue weighted by atomic mass is 9.93. The van der Waals surface area contributed by atoms with Crippen LogP contribution in [0.1, 0.15) is 25.3 Å². The molecule has 3 nitrogen and oxygen atoms in total. The number of benzene rings is 1. The van der Waals surface area contributed by atoms with Crippen LogP contribution in [0.3, 0.4) is 0 Å². The van der Waals surface area contributed by atoms with Crippen molar-refractivity contribution >= 4 is 11.4 Å². The first kappa shape index (κ1) is 12.2. The van der Waals surface area contributed by atoms with Crippen LogP contribution in [0, 0.1) is 12.8 Å². The largest absolute Gasteiger partial charge is 0.398 e. The fraction of sp³-hybridized carbons (Fsp3) is 0.571. The molecule has 0 amide bonds.